The van der Waals surface area contributed by atoms with Crippen molar-refractivity contribution in [1.82, 2.24) is 10.2 Å². The van der Waals surface area contributed by atoms with Crippen LogP contribution in [0.1, 0.15) is 39.0 Å². The molecule has 0 saturated heterocycles. The summed E-state index contributed by atoms with van der Waals surface area (Å²) < 4.78 is 0. The number of likely N-dealkylation sites (N-methyl/N-ethyl adjacent to an activating group) is 1. The van der Waals surface area contributed by atoms with E-state index in [2.05, 4.69) is 29.2 Å². The van der Waals surface area contributed by atoms with E-state index in [0.29, 0.717) is 0 Å². The Morgan fingerprint density at radius 1 is 1.35 bits per heavy atom. The van der Waals surface area contributed by atoms with Crippen molar-refractivity contribution in [3.05, 3.63) is 0 Å². The molecule has 2 rings (SSSR count). The molecule has 0 aromatic carbocycles. The molecule has 1 aliphatic heterocycles. The molecule has 4 heteroatoms. The number of guanidine groups is 1. The van der Waals surface area contributed by atoms with Gasteiger partial charge in [0, 0.05) is 20.1 Å². The Bertz CT molecular complexity index is 255. The van der Waals surface area contributed by atoms with Crippen molar-refractivity contribution in [2.75, 3.05) is 26.7 Å². The minimum atomic E-state index is 0. The van der Waals surface area contributed by atoms with Crippen molar-refractivity contribution in [2.45, 2.75) is 39.0 Å². The Balaban J connectivity index is 0.00000144. The molecule has 1 heterocycles. The van der Waals surface area contributed by atoms with Crippen LogP contribution in [0, 0.1) is 11.8 Å². The molecule has 100 valence electrons. The largest absolute Gasteiger partial charge is 0.356 e. The quantitative estimate of drug-likeness (QED) is 0.792. The third-order valence-corrected chi connectivity index (χ3v) is 4.15. The van der Waals surface area contributed by atoms with Crippen molar-refractivity contribution in [3.8, 4) is 0 Å². The lowest BCUT2D eigenvalue weighted by Crippen LogP contribution is -2.37. The monoisotopic (exact) mass is 351 g/mol. The summed E-state index contributed by atoms with van der Waals surface area (Å²) in [4.78, 5) is 6.66. The smallest absolute Gasteiger partial charge is 0.193 e. The van der Waals surface area contributed by atoms with Crippen LogP contribution in [0.5, 0.6) is 0 Å². The molecule has 17 heavy (non-hydrogen) atoms. The van der Waals surface area contributed by atoms with E-state index in [9.17, 15) is 0 Å². The van der Waals surface area contributed by atoms with Crippen LogP contribution in [0.2, 0.25) is 0 Å². The number of hydrogen-bond acceptors (Lipinski definition) is 3. The summed E-state index contributed by atoms with van der Waals surface area (Å²) in [6.07, 6.45) is 7.07. The maximum absolute atomic E-state index is 4.45. The fraction of sp³-hybridized carbons (Fsp3) is 0.923. The molecule has 2 atom stereocenters. The fourth-order valence-electron chi connectivity index (χ4n) is 2.91. The fourth-order valence-corrected chi connectivity index (χ4v) is 2.91. The lowest BCUT2D eigenvalue weighted by molar-refractivity contribution is 0.242. The molecule has 1 N–H and O–H groups in total. The van der Waals surface area contributed by atoms with E-state index < -0.39 is 0 Å². The van der Waals surface area contributed by atoms with Gasteiger partial charge in [-0.2, -0.15) is 0 Å². The molecule has 0 aromatic heterocycles. The van der Waals surface area contributed by atoms with Crippen LogP contribution in [-0.4, -0.2) is 37.5 Å². The molecule has 3 nitrogen and oxygen atoms in total. The number of nitrogens with zero attached hydrogens (tertiary/aromatic N) is 2. The van der Waals surface area contributed by atoms with Crippen LogP contribution >= 0.6 is 24.0 Å². The zero-order valence-electron chi connectivity index (χ0n) is 11.1. The Labute approximate surface area is 122 Å². The number of hydrogen-bond donors (Lipinski definition) is 1. The topological polar surface area (TPSA) is 27.6 Å². The molecule has 2 unspecified atom stereocenters. The van der Waals surface area contributed by atoms with Gasteiger partial charge in [-0.15, -0.1) is 24.0 Å². The predicted octanol–water partition coefficient (Wildman–Crippen LogP) is 2.71. The molecular weight excluding hydrogens is 325 g/mol. The van der Waals surface area contributed by atoms with Crippen LogP contribution in [0.4, 0.5) is 0 Å². The summed E-state index contributed by atoms with van der Waals surface area (Å²) >= 11 is 0. The van der Waals surface area contributed by atoms with E-state index in [0.717, 1.165) is 37.4 Å². The van der Waals surface area contributed by atoms with Gasteiger partial charge < -0.3 is 10.2 Å². The lowest BCUT2D eigenvalue weighted by atomic mass is 9.79. The van der Waals surface area contributed by atoms with E-state index in [1.807, 2.05) is 0 Å². The van der Waals surface area contributed by atoms with Gasteiger partial charge in [0.2, 0.25) is 0 Å². The summed E-state index contributed by atoms with van der Waals surface area (Å²) in [7, 11) is 2.11. The third kappa shape index (κ3) is 4.30. The Hall–Kier alpha value is 0. The highest BCUT2D eigenvalue weighted by Crippen LogP contribution is 2.31. The van der Waals surface area contributed by atoms with Crippen LogP contribution in [-0.2, 0) is 0 Å². The molecule has 0 spiro atoms. The van der Waals surface area contributed by atoms with E-state index in [1.54, 1.807) is 0 Å². The van der Waals surface area contributed by atoms with Crippen molar-refractivity contribution < 1.29 is 0 Å². The molecular formula is C13H26IN3. The lowest BCUT2D eigenvalue weighted by Gasteiger charge is -2.29. The van der Waals surface area contributed by atoms with Gasteiger partial charge in [0.15, 0.2) is 5.96 Å². The van der Waals surface area contributed by atoms with E-state index in [4.69, 9.17) is 0 Å². The molecule has 0 amide bonds. The van der Waals surface area contributed by atoms with Gasteiger partial charge in [-0.25, -0.2) is 0 Å². The normalized spacial score (nSPS) is 28.6. The van der Waals surface area contributed by atoms with Gasteiger partial charge in [-0.05, 0) is 18.3 Å². The first-order valence-electron chi connectivity index (χ1n) is 6.77. The Kier molecular flexibility index (Phi) is 6.59. The van der Waals surface area contributed by atoms with Gasteiger partial charge >= 0.3 is 0 Å². The molecule has 0 radical (unpaired) electrons. The minimum absolute atomic E-state index is 0. The average molecular weight is 351 g/mol. The minimum Gasteiger partial charge on any atom is -0.356 e. The Morgan fingerprint density at radius 2 is 2.12 bits per heavy atom. The molecule has 0 aromatic rings. The predicted molar refractivity (Wildman–Crippen MR) is 84.1 cm³/mol. The highest BCUT2D eigenvalue weighted by Gasteiger charge is 2.21. The van der Waals surface area contributed by atoms with Crippen LogP contribution in [0.25, 0.3) is 0 Å². The average Bonchev–Trinajstić information content (AvgIpc) is 2.67. The zero-order valence-corrected chi connectivity index (χ0v) is 13.4. The van der Waals surface area contributed by atoms with E-state index in [1.165, 1.54) is 32.1 Å². The second-order valence-corrected chi connectivity index (χ2v) is 5.36. The highest BCUT2D eigenvalue weighted by molar-refractivity contribution is 14.0. The summed E-state index contributed by atoms with van der Waals surface area (Å²) in [6, 6.07) is 0. The summed E-state index contributed by atoms with van der Waals surface area (Å²) in [6.45, 7) is 5.54. The first-order chi connectivity index (χ1) is 7.77. The first-order valence-corrected chi connectivity index (χ1v) is 6.77. The van der Waals surface area contributed by atoms with Gasteiger partial charge in [0.25, 0.3) is 0 Å². The second kappa shape index (κ2) is 7.44. The summed E-state index contributed by atoms with van der Waals surface area (Å²) in [5, 5.41) is 3.48. The van der Waals surface area contributed by atoms with Gasteiger partial charge in [-0.3, -0.25) is 4.99 Å². The summed E-state index contributed by atoms with van der Waals surface area (Å²) in [5.41, 5.74) is 0. The van der Waals surface area contributed by atoms with Crippen molar-refractivity contribution in [1.29, 1.82) is 0 Å². The molecule has 2 aliphatic rings. The van der Waals surface area contributed by atoms with Crippen LogP contribution in [0.3, 0.4) is 0 Å². The second-order valence-electron chi connectivity index (χ2n) is 5.36. The summed E-state index contributed by atoms with van der Waals surface area (Å²) in [5.74, 6) is 2.97. The number of rotatable bonds is 3. The molecule has 1 saturated carbocycles. The first kappa shape index (κ1) is 15.1. The third-order valence-electron chi connectivity index (χ3n) is 4.15. The number of nitrogens with one attached hydrogen (secondary N) is 1. The van der Waals surface area contributed by atoms with Crippen molar-refractivity contribution in [2.24, 2.45) is 16.8 Å². The number of aliphatic imine (C=N–C) groups is 1. The SMILES string of the molecule is CC1CCCCC1CCNC1=NCCN1C.I. The molecule has 1 aliphatic carbocycles. The van der Waals surface area contributed by atoms with Gasteiger partial charge in [0.05, 0.1) is 6.54 Å². The van der Waals surface area contributed by atoms with Crippen molar-refractivity contribution in [3.63, 3.8) is 0 Å². The highest BCUT2D eigenvalue weighted by atomic mass is 127. The van der Waals surface area contributed by atoms with Crippen LogP contribution < -0.4 is 5.32 Å². The van der Waals surface area contributed by atoms with E-state index >= 15 is 0 Å². The Morgan fingerprint density at radius 3 is 2.76 bits per heavy atom. The maximum Gasteiger partial charge on any atom is 0.193 e. The molecule has 1 fully saturated rings. The standard InChI is InChI=1S/C13H25N3.HI/c1-11-5-3-4-6-12(11)7-8-14-13-15-9-10-16(13)2;/h11-12H,3-10H2,1-2H3,(H,14,15);1H. The van der Waals surface area contributed by atoms with Gasteiger partial charge in [0.1, 0.15) is 0 Å². The van der Waals surface area contributed by atoms with Gasteiger partial charge in [-0.1, -0.05) is 32.6 Å². The van der Waals surface area contributed by atoms with E-state index in [-0.39, 0.29) is 24.0 Å². The zero-order chi connectivity index (χ0) is 11.4. The van der Waals surface area contributed by atoms with Crippen molar-refractivity contribution >= 4 is 29.9 Å². The number of halogens is 1. The van der Waals surface area contributed by atoms with Crippen LogP contribution in [0.15, 0.2) is 4.99 Å². The maximum atomic E-state index is 4.45. The molecule has 0 bridgehead atoms.